The average molecular weight is 392 g/mol. The first-order chi connectivity index (χ1) is 13.7. The van der Waals surface area contributed by atoms with Gasteiger partial charge in [0.1, 0.15) is 11.9 Å². The molecule has 3 aliphatic heterocycles. The summed E-state index contributed by atoms with van der Waals surface area (Å²) in [7, 11) is 0. The number of ether oxygens (including phenoxy) is 2. The van der Waals surface area contributed by atoms with Crippen molar-refractivity contribution in [2.24, 2.45) is 0 Å². The number of morpholine rings is 1. The SMILES string of the molecule is O=CN(C[C@H]1CN(c2ccc(N3CCOCC3)c(F)c2)C(=O)O1)C1CCCN1. The van der Waals surface area contributed by atoms with Crippen molar-refractivity contribution in [1.82, 2.24) is 10.2 Å². The van der Waals surface area contributed by atoms with E-state index in [1.165, 1.54) is 11.0 Å². The van der Waals surface area contributed by atoms with Crippen molar-refractivity contribution in [3.05, 3.63) is 24.0 Å². The second-order valence-corrected chi connectivity index (χ2v) is 7.27. The summed E-state index contributed by atoms with van der Waals surface area (Å²) in [6, 6.07) is 4.79. The topological polar surface area (TPSA) is 74.4 Å². The molecule has 0 radical (unpaired) electrons. The van der Waals surface area contributed by atoms with Crippen molar-refractivity contribution in [3.8, 4) is 0 Å². The third-order valence-corrected chi connectivity index (χ3v) is 5.45. The van der Waals surface area contributed by atoms with Crippen molar-refractivity contribution < 1.29 is 23.5 Å². The smallest absolute Gasteiger partial charge is 0.414 e. The van der Waals surface area contributed by atoms with Crippen molar-refractivity contribution >= 4 is 23.9 Å². The van der Waals surface area contributed by atoms with Crippen LogP contribution in [0.4, 0.5) is 20.6 Å². The second-order valence-electron chi connectivity index (χ2n) is 7.27. The van der Waals surface area contributed by atoms with E-state index in [9.17, 15) is 14.0 Å². The molecule has 3 heterocycles. The lowest BCUT2D eigenvalue weighted by molar-refractivity contribution is -0.121. The third kappa shape index (κ3) is 3.90. The number of amides is 2. The Hall–Kier alpha value is -2.39. The van der Waals surface area contributed by atoms with E-state index in [1.54, 1.807) is 17.0 Å². The molecule has 3 saturated heterocycles. The minimum Gasteiger partial charge on any atom is -0.442 e. The molecule has 1 aromatic carbocycles. The molecule has 1 aromatic rings. The maximum Gasteiger partial charge on any atom is 0.414 e. The maximum absolute atomic E-state index is 14.7. The average Bonchev–Trinajstić information content (AvgIpc) is 3.36. The van der Waals surface area contributed by atoms with Gasteiger partial charge < -0.3 is 19.3 Å². The quantitative estimate of drug-likeness (QED) is 0.733. The molecule has 0 bridgehead atoms. The first kappa shape index (κ1) is 18.9. The van der Waals surface area contributed by atoms with Crippen LogP contribution in [0.3, 0.4) is 0 Å². The van der Waals surface area contributed by atoms with E-state index >= 15 is 0 Å². The predicted molar refractivity (Wildman–Crippen MR) is 101 cm³/mol. The van der Waals surface area contributed by atoms with Gasteiger partial charge in [-0.1, -0.05) is 0 Å². The number of anilines is 2. The van der Waals surface area contributed by atoms with Gasteiger partial charge in [0.2, 0.25) is 6.41 Å². The van der Waals surface area contributed by atoms with E-state index in [2.05, 4.69) is 5.32 Å². The van der Waals surface area contributed by atoms with Gasteiger partial charge >= 0.3 is 6.09 Å². The van der Waals surface area contributed by atoms with Crippen molar-refractivity contribution in [2.75, 3.05) is 55.7 Å². The highest BCUT2D eigenvalue weighted by Gasteiger charge is 2.35. The van der Waals surface area contributed by atoms with E-state index in [-0.39, 0.29) is 18.5 Å². The number of rotatable bonds is 6. The number of carbonyl (C=O) groups excluding carboxylic acids is 2. The number of nitrogens with zero attached hydrogens (tertiary/aromatic N) is 3. The fourth-order valence-corrected chi connectivity index (χ4v) is 3.98. The minimum atomic E-state index is -0.520. The normalized spacial score (nSPS) is 25.1. The molecular formula is C19H25FN4O4. The highest BCUT2D eigenvalue weighted by molar-refractivity contribution is 5.90. The summed E-state index contributed by atoms with van der Waals surface area (Å²) in [6.45, 7) is 3.90. The summed E-state index contributed by atoms with van der Waals surface area (Å²) in [4.78, 5) is 28.7. The highest BCUT2D eigenvalue weighted by Crippen LogP contribution is 2.28. The Labute approximate surface area is 163 Å². The zero-order chi connectivity index (χ0) is 19.5. The van der Waals surface area contributed by atoms with Crippen LogP contribution >= 0.6 is 0 Å². The Morgan fingerprint density at radius 2 is 2.14 bits per heavy atom. The Morgan fingerprint density at radius 1 is 1.32 bits per heavy atom. The lowest BCUT2D eigenvalue weighted by atomic mass is 10.2. The maximum atomic E-state index is 14.7. The molecule has 0 saturated carbocycles. The number of cyclic esters (lactones) is 1. The van der Waals surface area contributed by atoms with Crippen LogP contribution in [0.5, 0.6) is 0 Å². The monoisotopic (exact) mass is 392 g/mol. The standard InChI is InChI=1S/C19H25FN4O4/c20-16-10-14(3-4-17(16)22-6-8-27-9-7-22)24-12-15(28-19(24)26)11-23(13-25)18-2-1-5-21-18/h3-4,10,13,15,18,21H,1-2,5-9,11-12H2/t15-,18?/m0/s1. The lowest BCUT2D eigenvalue weighted by Crippen LogP contribution is -2.45. The molecule has 2 atom stereocenters. The van der Waals surface area contributed by atoms with Crippen LogP contribution in [-0.2, 0) is 14.3 Å². The summed E-state index contributed by atoms with van der Waals surface area (Å²) in [5, 5.41) is 3.26. The van der Waals surface area contributed by atoms with E-state index < -0.39 is 12.2 Å². The Kier molecular flexibility index (Phi) is 5.63. The minimum absolute atomic E-state index is 0.0181. The molecule has 0 aromatic heterocycles. The molecule has 28 heavy (non-hydrogen) atoms. The summed E-state index contributed by atoms with van der Waals surface area (Å²) in [5.74, 6) is -0.375. The molecule has 3 aliphatic rings. The lowest BCUT2D eigenvalue weighted by Gasteiger charge is -2.29. The molecule has 3 fully saturated rings. The van der Waals surface area contributed by atoms with Crippen LogP contribution in [0.25, 0.3) is 0 Å². The van der Waals surface area contributed by atoms with E-state index in [0.29, 0.717) is 44.2 Å². The molecule has 4 rings (SSSR count). The number of halogens is 1. The van der Waals surface area contributed by atoms with E-state index in [0.717, 1.165) is 25.8 Å². The van der Waals surface area contributed by atoms with Gasteiger partial charge in [-0.25, -0.2) is 9.18 Å². The van der Waals surface area contributed by atoms with E-state index in [1.807, 2.05) is 4.90 Å². The molecule has 0 aliphatic carbocycles. The zero-order valence-electron chi connectivity index (χ0n) is 15.7. The number of benzene rings is 1. The first-order valence-corrected chi connectivity index (χ1v) is 9.70. The summed E-state index contributed by atoms with van der Waals surface area (Å²) in [5.41, 5.74) is 0.967. The number of hydrogen-bond donors (Lipinski definition) is 1. The molecule has 1 N–H and O–H groups in total. The zero-order valence-corrected chi connectivity index (χ0v) is 15.7. The van der Waals surface area contributed by atoms with Crippen molar-refractivity contribution in [3.63, 3.8) is 0 Å². The summed E-state index contributed by atoms with van der Waals surface area (Å²) in [6.07, 6.45) is 1.71. The van der Waals surface area contributed by atoms with Gasteiger partial charge in [-0.05, 0) is 37.6 Å². The molecule has 152 valence electrons. The molecule has 0 spiro atoms. The van der Waals surface area contributed by atoms with E-state index in [4.69, 9.17) is 9.47 Å². The summed E-state index contributed by atoms with van der Waals surface area (Å²) < 4.78 is 25.4. The van der Waals surface area contributed by atoms with Gasteiger partial charge in [-0.3, -0.25) is 15.0 Å². The molecule has 9 heteroatoms. The Morgan fingerprint density at radius 3 is 2.82 bits per heavy atom. The van der Waals surface area contributed by atoms with Gasteiger partial charge in [0.25, 0.3) is 0 Å². The summed E-state index contributed by atoms with van der Waals surface area (Å²) >= 11 is 0. The molecular weight excluding hydrogens is 367 g/mol. The van der Waals surface area contributed by atoms with Crippen LogP contribution < -0.4 is 15.1 Å². The van der Waals surface area contributed by atoms with Crippen LogP contribution in [0, 0.1) is 5.82 Å². The van der Waals surface area contributed by atoms with Gasteiger partial charge in [-0.2, -0.15) is 0 Å². The number of carbonyl (C=O) groups is 2. The van der Waals surface area contributed by atoms with Crippen LogP contribution in [0.15, 0.2) is 18.2 Å². The fourth-order valence-electron chi connectivity index (χ4n) is 3.98. The highest BCUT2D eigenvalue weighted by atomic mass is 19.1. The molecule has 1 unspecified atom stereocenters. The second kappa shape index (κ2) is 8.32. The van der Waals surface area contributed by atoms with Gasteiger partial charge in [0.15, 0.2) is 0 Å². The van der Waals surface area contributed by atoms with Gasteiger partial charge in [0, 0.05) is 13.1 Å². The van der Waals surface area contributed by atoms with Crippen molar-refractivity contribution in [1.29, 1.82) is 0 Å². The predicted octanol–water partition coefficient (Wildman–Crippen LogP) is 1.16. The van der Waals surface area contributed by atoms with Crippen molar-refractivity contribution in [2.45, 2.75) is 25.1 Å². The van der Waals surface area contributed by atoms with Crippen LogP contribution in [-0.4, -0.2) is 75.6 Å². The van der Waals surface area contributed by atoms with Gasteiger partial charge in [-0.15, -0.1) is 0 Å². The van der Waals surface area contributed by atoms with Crippen LogP contribution in [0.1, 0.15) is 12.8 Å². The molecule has 8 nitrogen and oxygen atoms in total. The van der Waals surface area contributed by atoms with Gasteiger partial charge in [0.05, 0.1) is 43.8 Å². The Bertz CT molecular complexity index is 722. The van der Waals surface area contributed by atoms with Crippen LogP contribution in [0.2, 0.25) is 0 Å². The largest absolute Gasteiger partial charge is 0.442 e. The third-order valence-electron chi connectivity index (χ3n) is 5.45. The number of nitrogens with one attached hydrogen (secondary N) is 1. The number of hydrogen-bond acceptors (Lipinski definition) is 6. The first-order valence-electron chi connectivity index (χ1n) is 9.70. The Balaban J connectivity index is 1.42. The fraction of sp³-hybridized carbons (Fsp3) is 0.579. The molecule has 2 amide bonds.